The van der Waals surface area contributed by atoms with Crippen LogP contribution in [0.3, 0.4) is 0 Å². The molecule has 4 aromatic rings. The van der Waals surface area contributed by atoms with Crippen molar-refractivity contribution in [3.63, 3.8) is 0 Å². The zero-order valence-electron chi connectivity index (χ0n) is 18.9. The first-order valence-corrected chi connectivity index (χ1v) is 10.8. The molecule has 0 fully saturated rings. The molecule has 0 aliphatic carbocycles. The summed E-state index contributed by atoms with van der Waals surface area (Å²) in [6, 6.07) is 13.6. The Morgan fingerprint density at radius 1 is 1.06 bits per heavy atom. The highest BCUT2D eigenvalue weighted by Crippen LogP contribution is 2.22. The molecule has 0 radical (unpaired) electrons. The number of hydrogen-bond acceptors (Lipinski definition) is 4. The molecule has 0 saturated carbocycles. The summed E-state index contributed by atoms with van der Waals surface area (Å²) in [5, 5.41) is 7.54. The van der Waals surface area contributed by atoms with Crippen molar-refractivity contribution in [2.75, 3.05) is 6.54 Å². The molecule has 0 unspecified atom stereocenters. The molecule has 2 aromatic heterocycles. The van der Waals surface area contributed by atoms with E-state index in [1.165, 1.54) is 34.8 Å². The zero-order valence-corrected chi connectivity index (χ0v) is 18.9. The van der Waals surface area contributed by atoms with Crippen LogP contribution in [0.25, 0.3) is 11.0 Å². The molecule has 1 amide bonds. The summed E-state index contributed by atoms with van der Waals surface area (Å²) >= 11 is 0. The van der Waals surface area contributed by atoms with Crippen molar-refractivity contribution < 1.29 is 9.18 Å². The predicted octanol–water partition coefficient (Wildman–Crippen LogP) is 3.51. The second-order valence-electron chi connectivity index (χ2n) is 8.99. The molecule has 0 aliphatic rings. The van der Waals surface area contributed by atoms with Gasteiger partial charge < -0.3 is 5.32 Å². The first-order chi connectivity index (χ1) is 15.7. The third-order valence-corrected chi connectivity index (χ3v) is 5.51. The van der Waals surface area contributed by atoms with Gasteiger partial charge in [0.25, 0.3) is 11.5 Å². The van der Waals surface area contributed by atoms with Crippen LogP contribution in [0.2, 0.25) is 0 Å². The third-order valence-electron chi connectivity index (χ3n) is 5.51. The second kappa shape index (κ2) is 8.97. The summed E-state index contributed by atoms with van der Waals surface area (Å²) in [6.45, 7) is 7.39. The summed E-state index contributed by atoms with van der Waals surface area (Å²) in [5.41, 5.74) is 2.82. The number of rotatable bonds is 6. The van der Waals surface area contributed by atoms with Crippen molar-refractivity contribution in [1.82, 2.24) is 24.6 Å². The SMILES string of the molecule is CC(C)(C)c1ccc(C(=O)NCCn2ncc3c(=O)n(Cc4ccc(F)cc4)cnc32)cc1. The lowest BCUT2D eigenvalue weighted by molar-refractivity contribution is 0.0952. The monoisotopic (exact) mass is 447 g/mol. The van der Waals surface area contributed by atoms with Crippen LogP contribution in [0.1, 0.15) is 42.3 Å². The van der Waals surface area contributed by atoms with Crippen molar-refractivity contribution in [2.24, 2.45) is 0 Å². The van der Waals surface area contributed by atoms with Crippen LogP contribution in [0.15, 0.2) is 65.8 Å². The van der Waals surface area contributed by atoms with Crippen molar-refractivity contribution >= 4 is 16.9 Å². The Morgan fingerprint density at radius 3 is 2.42 bits per heavy atom. The van der Waals surface area contributed by atoms with Gasteiger partial charge in [0.2, 0.25) is 0 Å². The Bertz CT molecular complexity index is 1330. The minimum atomic E-state index is -0.324. The maximum absolute atomic E-state index is 13.1. The Hall–Kier alpha value is -3.81. The molecular weight excluding hydrogens is 421 g/mol. The second-order valence-corrected chi connectivity index (χ2v) is 8.99. The smallest absolute Gasteiger partial charge is 0.264 e. The van der Waals surface area contributed by atoms with Gasteiger partial charge in [-0.05, 0) is 40.8 Å². The number of aromatic nitrogens is 4. The van der Waals surface area contributed by atoms with E-state index in [4.69, 9.17) is 0 Å². The fourth-order valence-corrected chi connectivity index (χ4v) is 3.56. The predicted molar refractivity (Wildman–Crippen MR) is 125 cm³/mol. The van der Waals surface area contributed by atoms with Gasteiger partial charge in [-0.2, -0.15) is 5.10 Å². The van der Waals surface area contributed by atoms with Crippen LogP contribution in [0, 0.1) is 5.82 Å². The van der Waals surface area contributed by atoms with Gasteiger partial charge in [-0.15, -0.1) is 0 Å². The van der Waals surface area contributed by atoms with Crippen molar-refractivity contribution in [1.29, 1.82) is 0 Å². The molecule has 0 saturated heterocycles. The number of halogens is 1. The van der Waals surface area contributed by atoms with Gasteiger partial charge in [0, 0.05) is 12.1 Å². The standard InChI is InChI=1S/C25H26FN5O2/c1-25(2,3)19-8-6-18(7-9-19)23(32)27-12-13-31-22-21(14-29-31)24(33)30(16-28-22)15-17-4-10-20(26)11-5-17/h4-11,14,16H,12-13,15H2,1-3H3,(H,27,32). The molecule has 0 atom stereocenters. The zero-order chi connectivity index (χ0) is 23.6. The largest absolute Gasteiger partial charge is 0.350 e. The van der Waals surface area contributed by atoms with Gasteiger partial charge >= 0.3 is 0 Å². The number of fused-ring (bicyclic) bond motifs is 1. The fraction of sp³-hybridized carbons (Fsp3) is 0.280. The molecular formula is C25H26FN5O2. The first-order valence-electron chi connectivity index (χ1n) is 10.8. The minimum Gasteiger partial charge on any atom is -0.350 e. The number of benzene rings is 2. The summed E-state index contributed by atoms with van der Waals surface area (Å²) in [7, 11) is 0. The molecule has 0 aliphatic heterocycles. The van der Waals surface area contributed by atoms with Crippen LogP contribution in [-0.4, -0.2) is 31.8 Å². The lowest BCUT2D eigenvalue weighted by Crippen LogP contribution is -2.28. The van der Waals surface area contributed by atoms with Gasteiger partial charge in [0.05, 0.1) is 19.3 Å². The summed E-state index contributed by atoms with van der Waals surface area (Å²) in [6.07, 6.45) is 2.94. The number of carbonyl (C=O) groups is 1. The maximum atomic E-state index is 13.1. The minimum absolute atomic E-state index is 0.0285. The third kappa shape index (κ3) is 5.00. The molecule has 0 bridgehead atoms. The maximum Gasteiger partial charge on any atom is 0.264 e. The summed E-state index contributed by atoms with van der Waals surface area (Å²) in [5.74, 6) is -0.489. The normalized spacial score (nSPS) is 11.6. The summed E-state index contributed by atoms with van der Waals surface area (Å²) in [4.78, 5) is 29.6. The van der Waals surface area contributed by atoms with Gasteiger partial charge in [-0.1, -0.05) is 45.0 Å². The first kappa shape index (κ1) is 22.4. The van der Waals surface area contributed by atoms with Gasteiger partial charge in [0.1, 0.15) is 17.5 Å². The molecule has 2 aromatic carbocycles. The average Bonchev–Trinajstić information content (AvgIpc) is 3.20. The van der Waals surface area contributed by atoms with E-state index in [2.05, 4.69) is 36.2 Å². The van der Waals surface area contributed by atoms with Crippen LogP contribution < -0.4 is 10.9 Å². The fourth-order valence-electron chi connectivity index (χ4n) is 3.56. The highest BCUT2D eigenvalue weighted by atomic mass is 19.1. The van der Waals surface area contributed by atoms with Crippen molar-refractivity contribution in [3.05, 3.63) is 93.9 Å². The van der Waals surface area contributed by atoms with Crippen LogP contribution >= 0.6 is 0 Å². The molecule has 0 spiro atoms. The van der Waals surface area contributed by atoms with E-state index in [9.17, 15) is 14.0 Å². The highest BCUT2D eigenvalue weighted by molar-refractivity contribution is 5.94. The highest BCUT2D eigenvalue weighted by Gasteiger charge is 2.15. The lowest BCUT2D eigenvalue weighted by atomic mass is 9.87. The molecule has 7 nitrogen and oxygen atoms in total. The molecule has 8 heteroatoms. The number of nitrogens with one attached hydrogen (secondary N) is 1. The Balaban J connectivity index is 1.41. The average molecular weight is 448 g/mol. The van der Waals surface area contributed by atoms with Gasteiger partial charge in [-0.25, -0.2) is 14.1 Å². The van der Waals surface area contributed by atoms with Crippen molar-refractivity contribution in [3.8, 4) is 0 Å². The topological polar surface area (TPSA) is 81.8 Å². The number of amides is 1. The van der Waals surface area contributed by atoms with Gasteiger partial charge in [-0.3, -0.25) is 14.2 Å². The van der Waals surface area contributed by atoms with Crippen LogP contribution in [-0.2, 0) is 18.5 Å². The Morgan fingerprint density at radius 2 is 1.76 bits per heavy atom. The molecule has 4 rings (SSSR count). The van der Waals surface area contributed by atoms with Crippen LogP contribution in [0.4, 0.5) is 4.39 Å². The molecule has 33 heavy (non-hydrogen) atoms. The molecule has 170 valence electrons. The number of carbonyl (C=O) groups excluding carboxylic acids is 1. The van der Waals surface area contributed by atoms with Gasteiger partial charge in [0.15, 0.2) is 5.65 Å². The van der Waals surface area contributed by atoms with E-state index in [1.807, 2.05) is 24.3 Å². The quantitative estimate of drug-likeness (QED) is 0.490. The van der Waals surface area contributed by atoms with E-state index in [0.717, 1.165) is 5.56 Å². The van der Waals surface area contributed by atoms with E-state index in [-0.39, 0.29) is 29.2 Å². The number of hydrogen-bond donors (Lipinski definition) is 1. The van der Waals surface area contributed by atoms with E-state index < -0.39 is 0 Å². The summed E-state index contributed by atoms with van der Waals surface area (Å²) < 4.78 is 16.2. The molecule has 1 N–H and O–H groups in total. The van der Waals surface area contributed by atoms with E-state index >= 15 is 0 Å². The van der Waals surface area contributed by atoms with E-state index in [1.54, 1.807) is 16.8 Å². The van der Waals surface area contributed by atoms with Crippen LogP contribution in [0.5, 0.6) is 0 Å². The van der Waals surface area contributed by atoms with E-state index in [0.29, 0.717) is 29.7 Å². The molecule has 2 heterocycles. The Kier molecular flexibility index (Phi) is 6.09. The van der Waals surface area contributed by atoms with Crippen molar-refractivity contribution in [2.45, 2.75) is 39.3 Å². The Labute approximate surface area is 190 Å². The number of nitrogens with zero attached hydrogens (tertiary/aromatic N) is 4. The lowest BCUT2D eigenvalue weighted by Gasteiger charge is -2.19.